The van der Waals surface area contributed by atoms with Crippen molar-refractivity contribution in [2.24, 2.45) is 0 Å². The molecule has 0 bridgehead atoms. The number of likely N-dealkylation sites (N-methyl/N-ethyl adjacent to an activating group) is 1. The highest BCUT2D eigenvalue weighted by Gasteiger charge is 2.13. The van der Waals surface area contributed by atoms with Gasteiger partial charge in [0.25, 0.3) is 0 Å². The molecule has 2 aromatic carbocycles. The van der Waals surface area contributed by atoms with E-state index >= 15 is 0 Å². The molecular formula is C18H21Cl2N. The molecule has 2 rings (SSSR count). The molecule has 0 heterocycles. The minimum atomic E-state index is 0.247. The molecule has 2 aromatic rings. The Labute approximate surface area is 137 Å². The van der Waals surface area contributed by atoms with Gasteiger partial charge in [0.1, 0.15) is 0 Å². The van der Waals surface area contributed by atoms with E-state index in [0.717, 1.165) is 35.0 Å². The van der Waals surface area contributed by atoms with Gasteiger partial charge in [-0.15, -0.1) is 0 Å². The smallest absolute Gasteiger partial charge is 0.0439 e. The first-order valence-corrected chi connectivity index (χ1v) is 8.15. The number of benzene rings is 2. The van der Waals surface area contributed by atoms with Crippen LogP contribution < -0.4 is 5.32 Å². The second-order valence-corrected chi connectivity index (χ2v) is 5.99. The van der Waals surface area contributed by atoms with Crippen molar-refractivity contribution in [3.05, 3.63) is 69.2 Å². The Kier molecular flexibility index (Phi) is 6.10. The van der Waals surface area contributed by atoms with Crippen molar-refractivity contribution in [1.29, 1.82) is 0 Å². The monoisotopic (exact) mass is 321 g/mol. The van der Waals surface area contributed by atoms with Crippen molar-refractivity contribution in [3.63, 3.8) is 0 Å². The maximum Gasteiger partial charge on any atom is 0.0439 e. The minimum Gasteiger partial charge on any atom is -0.310 e. The number of hydrogen-bond donors (Lipinski definition) is 1. The Hall–Kier alpha value is -1.02. The maximum absolute atomic E-state index is 6.29. The van der Waals surface area contributed by atoms with Gasteiger partial charge in [0.15, 0.2) is 0 Å². The molecule has 1 nitrogen and oxygen atoms in total. The molecule has 21 heavy (non-hydrogen) atoms. The minimum absolute atomic E-state index is 0.247. The average molecular weight is 322 g/mol. The molecule has 3 heteroatoms. The summed E-state index contributed by atoms with van der Waals surface area (Å²) in [5.41, 5.74) is 3.72. The van der Waals surface area contributed by atoms with Gasteiger partial charge >= 0.3 is 0 Å². The van der Waals surface area contributed by atoms with Gasteiger partial charge < -0.3 is 5.32 Å². The average Bonchev–Trinajstić information content (AvgIpc) is 2.50. The van der Waals surface area contributed by atoms with Gasteiger partial charge in [0.2, 0.25) is 0 Å². The Morgan fingerprint density at radius 1 is 1.00 bits per heavy atom. The third kappa shape index (κ3) is 4.47. The third-order valence-electron chi connectivity index (χ3n) is 3.67. The van der Waals surface area contributed by atoms with E-state index in [1.165, 1.54) is 11.1 Å². The lowest BCUT2D eigenvalue weighted by Gasteiger charge is -2.19. The van der Waals surface area contributed by atoms with Gasteiger partial charge in [-0.2, -0.15) is 0 Å². The molecule has 0 aromatic heterocycles. The number of hydrogen-bond acceptors (Lipinski definition) is 1. The maximum atomic E-state index is 6.29. The molecule has 112 valence electrons. The van der Waals surface area contributed by atoms with Crippen LogP contribution in [0.15, 0.2) is 42.5 Å². The van der Waals surface area contributed by atoms with Crippen molar-refractivity contribution in [1.82, 2.24) is 5.32 Å². The van der Waals surface area contributed by atoms with Crippen LogP contribution in [0.25, 0.3) is 0 Å². The number of nitrogens with one attached hydrogen (secondary N) is 1. The van der Waals surface area contributed by atoms with Gasteiger partial charge in [-0.3, -0.25) is 0 Å². The zero-order valence-corrected chi connectivity index (χ0v) is 14.0. The second-order valence-electron chi connectivity index (χ2n) is 5.15. The zero-order valence-electron chi connectivity index (χ0n) is 12.5. The lowest BCUT2D eigenvalue weighted by Crippen LogP contribution is -2.23. The first kappa shape index (κ1) is 16.4. The fourth-order valence-corrected chi connectivity index (χ4v) is 2.85. The van der Waals surface area contributed by atoms with Gasteiger partial charge in [-0.05, 0) is 54.3 Å². The molecule has 0 amide bonds. The molecule has 0 aliphatic heterocycles. The van der Waals surface area contributed by atoms with E-state index in [-0.39, 0.29) is 6.04 Å². The molecule has 0 saturated carbocycles. The summed E-state index contributed by atoms with van der Waals surface area (Å²) in [4.78, 5) is 0. The zero-order chi connectivity index (χ0) is 15.2. The predicted octanol–water partition coefficient (Wildman–Crippen LogP) is 5.45. The topological polar surface area (TPSA) is 12.0 Å². The van der Waals surface area contributed by atoms with Gasteiger partial charge in [0.05, 0.1) is 0 Å². The van der Waals surface area contributed by atoms with Crippen molar-refractivity contribution >= 4 is 23.2 Å². The summed E-state index contributed by atoms with van der Waals surface area (Å²) in [5, 5.41) is 5.03. The van der Waals surface area contributed by atoms with Crippen LogP contribution in [-0.2, 0) is 12.8 Å². The summed E-state index contributed by atoms with van der Waals surface area (Å²) < 4.78 is 0. The van der Waals surface area contributed by atoms with Crippen molar-refractivity contribution in [2.75, 3.05) is 6.54 Å². The fourth-order valence-electron chi connectivity index (χ4n) is 2.46. The van der Waals surface area contributed by atoms with E-state index in [1.54, 1.807) is 0 Å². The highest BCUT2D eigenvalue weighted by Crippen LogP contribution is 2.26. The number of aryl methyl sites for hydroxylation is 1. The van der Waals surface area contributed by atoms with E-state index in [4.69, 9.17) is 23.2 Å². The summed E-state index contributed by atoms with van der Waals surface area (Å²) in [6.07, 6.45) is 1.89. The van der Waals surface area contributed by atoms with Crippen LogP contribution in [0.5, 0.6) is 0 Å². The normalized spacial score (nSPS) is 12.4. The Balaban J connectivity index is 2.23. The first-order valence-electron chi connectivity index (χ1n) is 7.40. The predicted molar refractivity (Wildman–Crippen MR) is 92.4 cm³/mol. The van der Waals surface area contributed by atoms with Crippen LogP contribution in [-0.4, -0.2) is 6.54 Å². The van der Waals surface area contributed by atoms with Gasteiger partial charge in [-0.25, -0.2) is 0 Å². The van der Waals surface area contributed by atoms with Crippen molar-refractivity contribution in [3.8, 4) is 0 Å². The lowest BCUT2D eigenvalue weighted by molar-refractivity contribution is 0.550. The van der Waals surface area contributed by atoms with Crippen LogP contribution in [0.2, 0.25) is 10.0 Å². The van der Waals surface area contributed by atoms with Crippen LogP contribution in [0, 0.1) is 0 Å². The van der Waals surface area contributed by atoms with E-state index in [1.807, 2.05) is 18.2 Å². The van der Waals surface area contributed by atoms with Crippen LogP contribution >= 0.6 is 23.2 Å². The van der Waals surface area contributed by atoms with Gasteiger partial charge in [-0.1, -0.05) is 61.3 Å². The fraction of sp³-hybridized carbons (Fsp3) is 0.333. The quantitative estimate of drug-likeness (QED) is 0.746. The molecule has 1 atom stereocenters. The standard InChI is InChI=1S/C18H21Cl2N/c1-3-13-5-7-14(8-6-13)18(21-4-2)12-15-11-16(19)9-10-17(15)20/h5-11,18,21H,3-4,12H2,1-2H3. The summed E-state index contributed by atoms with van der Waals surface area (Å²) >= 11 is 12.4. The molecule has 0 aliphatic rings. The first-order chi connectivity index (χ1) is 10.1. The van der Waals surface area contributed by atoms with Crippen molar-refractivity contribution in [2.45, 2.75) is 32.7 Å². The molecule has 1 unspecified atom stereocenters. The third-order valence-corrected chi connectivity index (χ3v) is 4.28. The Morgan fingerprint density at radius 3 is 2.33 bits per heavy atom. The summed E-state index contributed by atoms with van der Waals surface area (Å²) in [5.74, 6) is 0. The Bertz CT molecular complexity index is 578. The number of rotatable bonds is 6. The summed E-state index contributed by atoms with van der Waals surface area (Å²) in [6, 6.07) is 14.7. The summed E-state index contributed by atoms with van der Waals surface area (Å²) in [6.45, 7) is 5.20. The molecule has 0 fully saturated rings. The van der Waals surface area contributed by atoms with E-state index in [0.29, 0.717) is 0 Å². The van der Waals surface area contributed by atoms with Crippen LogP contribution in [0.4, 0.5) is 0 Å². The second kappa shape index (κ2) is 7.84. The van der Waals surface area contributed by atoms with Crippen LogP contribution in [0.1, 0.15) is 36.6 Å². The lowest BCUT2D eigenvalue weighted by atomic mass is 9.97. The van der Waals surface area contributed by atoms with E-state index in [9.17, 15) is 0 Å². The summed E-state index contributed by atoms with van der Waals surface area (Å²) in [7, 11) is 0. The van der Waals surface area contributed by atoms with Gasteiger partial charge in [0, 0.05) is 16.1 Å². The number of halogens is 2. The molecule has 0 saturated heterocycles. The van der Waals surface area contributed by atoms with Crippen molar-refractivity contribution < 1.29 is 0 Å². The highest BCUT2D eigenvalue weighted by molar-refractivity contribution is 6.33. The van der Waals surface area contributed by atoms with Crippen LogP contribution in [0.3, 0.4) is 0 Å². The molecule has 0 radical (unpaired) electrons. The molecule has 0 aliphatic carbocycles. The molecule has 0 spiro atoms. The highest BCUT2D eigenvalue weighted by atomic mass is 35.5. The largest absolute Gasteiger partial charge is 0.310 e. The Morgan fingerprint density at radius 2 is 1.71 bits per heavy atom. The van der Waals surface area contributed by atoms with E-state index in [2.05, 4.69) is 43.4 Å². The van der Waals surface area contributed by atoms with E-state index < -0.39 is 0 Å². The SMILES string of the molecule is CCNC(Cc1cc(Cl)ccc1Cl)c1ccc(CC)cc1. The molecular weight excluding hydrogens is 301 g/mol. The molecule has 1 N–H and O–H groups in total.